The third-order valence-electron chi connectivity index (χ3n) is 2.43. The first-order valence-electron chi connectivity index (χ1n) is 6.01. The summed E-state index contributed by atoms with van der Waals surface area (Å²) in [5.41, 5.74) is 0.910. The first-order chi connectivity index (χ1) is 8.26. The molecule has 94 valence electrons. The maximum absolute atomic E-state index is 11.5. The van der Waals surface area contributed by atoms with Gasteiger partial charge in [0.1, 0.15) is 0 Å². The minimum absolute atomic E-state index is 0.0937. The van der Waals surface area contributed by atoms with Crippen LogP contribution in [0.2, 0.25) is 0 Å². The van der Waals surface area contributed by atoms with Crippen LogP contribution in [0.1, 0.15) is 38.2 Å². The van der Waals surface area contributed by atoms with E-state index in [1.165, 1.54) is 0 Å². The molecule has 17 heavy (non-hydrogen) atoms. The number of carbonyl (C=O) groups excluding carboxylic acids is 1. The largest absolute Gasteiger partial charge is 0.357 e. The highest BCUT2D eigenvalue weighted by Crippen LogP contribution is 2.01. The van der Waals surface area contributed by atoms with Crippen LogP contribution in [0, 0.1) is 0 Å². The summed E-state index contributed by atoms with van der Waals surface area (Å²) in [5, 5.41) is 5.70. The number of carbonyl (C=O) groups is 1. The second-order valence-corrected chi connectivity index (χ2v) is 3.90. The van der Waals surface area contributed by atoms with Gasteiger partial charge in [-0.15, -0.1) is 0 Å². The van der Waals surface area contributed by atoms with Crippen molar-refractivity contribution in [3.63, 3.8) is 0 Å². The Bertz CT molecular complexity index is 337. The number of amides is 1. The van der Waals surface area contributed by atoms with Crippen LogP contribution in [-0.4, -0.2) is 22.9 Å². The molecule has 0 radical (unpaired) electrons. The second-order valence-electron chi connectivity index (χ2n) is 3.90. The fourth-order valence-corrected chi connectivity index (χ4v) is 1.40. The van der Waals surface area contributed by atoms with Crippen LogP contribution in [0.4, 0.5) is 5.95 Å². The molecule has 0 atom stereocenters. The molecule has 0 bridgehead atoms. The second kappa shape index (κ2) is 7.60. The van der Waals surface area contributed by atoms with Crippen LogP contribution in [-0.2, 0) is 11.3 Å². The van der Waals surface area contributed by atoms with E-state index in [1.807, 2.05) is 0 Å². The molecule has 0 aliphatic heterocycles. The summed E-state index contributed by atoms with van der Waals surface area (Å²) >= 11 is 0. The quantitative estimate of drug-likeness (QED) is 0.707. The molecular formula is C12H20N4O. The van der Waals surface area contributed by atoms with Crippen molar-refractivity contribution in [2.24, 2.45) is 0 Å². The van der Waals surface area contributed by atoms with E-state index in [9.17, 15) is 4.79 Å². The Kier molecular flexibility index (Phi) is 5.99. The molecule has 0 saturated carbocycles. The Balaban J connectivity index is 2.27. The monoisotopic (exact) mass is 236 g/mol. The number of unbranched alkanes of at least 4 members (excludes halogenated alkanes) is 2. The van der Waals surface area contributed by atoms with Gasteiger partial charge in [0.15, 0.2) is 0 Å². The summed E-state index contributed by atoms with van der Waals surface area (Å²) in [6.45, 7) is 2.62. The molecule has 5 nitrogen and oxygen atoms in total. The van der Waals surface area contributed by atoms with Crippen molar-refractivity contribution in [1.29, 1.82) is 0 Å². The van der Waals surface area contributed by atoms with Gasteiger partial charge in [0, 0.05) is 38.0 Å². The number of hydrogen-bond donors (Lipinski definition) is 2. The molecule has 0 aromatic carbocycles. The Morgan fingerprint density at radius 2 is 2.00 bits per heavy atom. The molecule has 0 saturated heterocycles. The fourth-order valence-electron chi connectivity index (χ4n) is 1.40. The van der Waals surface area contributed by atoms with E-state index in [1.54, 1.807) is 19.4 Å². The number of nitrogens with one attached hydrogen (secondary N) is 2. The van der Waals surface area contributed by atoms with E-state index in [0.29, 0.717) is 18.9 Å². The van der Waals surface area contributed by atoms with Gasteiger partial charge in [-0.05, 0) is 6.42 Å². The minimum atomic E-state index is 0.0937. The molecular weight excluding hydrogens is 216 g/mol. The summed E-state index contributed by atoms with van der Waals surface area (Å²) in [7, 11) is 1.77. The lowest BCUT2D eigenvalue weighted by molar-refractivity contribution is -0.121. The summed E-state index contributed by atoms with van der Waals surface area (Å²) in [5.74, 6) is 0.680. The van der Waals surface area contributed by atoms with Crippen LogP contribution in [0.5, 0.6) is 0 Å². The summed E-state index contributed by atoms with van der Waals surface area (Å²) in [6.07, 6.45) is 7.22. The molecule has 2 N–H and O–H groups in total. The zero-order chi connectivity index (χ0) is 12.5. The van der Waals surface area contributed by atoms with Gasteiger partial charge < -0.3 is 10.6 Å². The number of rotatable bonds is 7. The number of nitrogens with zero attached hydrogens (tertiary/aromatic N) is 2. The Morgan fingerprint density at radius 3 is 2.59 bits per heavy atom. The maximum Gasteiger partial charge on any atom is 0.222 e. The summed E-state index contributed by atoms with van der Waals surface area (Å²) in [4.78, 5) is 19.6. The van der Waals surface area contributed by atoms with Crippen LogP contribution >= 0.6 is 0 Å². The van der Waals surface area contributed by atoms with Crippen molar-refractivity contribution in [2.75, 3.05) is 12.4 Å². The smallest absolute Gasteiger partial charge is 0.222 e. The predicted molar refractivity (Wildman–Crippen MR) is 67.6 cm³/mol. The normalized spacial score (nSPS) is 10.0. The van der Waals surface area contributed by atoms with Crippen molar-refractivity contribution < 1.29 is 4.79 Å². The first kappa shape index (κ1) is 13.4. The van der Waals surface area contributed by atoms with Gasteiger partial charge in [-0.2, -0.15) is 0 Å². The number of aromatic nitrogens is 2. The van der Waals surface area contributed by atoms with Crippen LogP contribution in [0.15, 0.2) is 12.4 Å². The maximum atomic E-state index is 11.5. The Morgan fingerprint density at radius 1 is 1.29 bits per heavy atom. The zero-order valence-electron chi connectivity index (χ0n) is 10.5. The Labute approximate surface area is 102 Å². The van der Waals surface area contributed by atoms with E-state index >= 15 is 0 Å². The van der Waals surface area contributed by atoms with E-state index in [4.69, 9.17) is 0 Å². The average Bonchev–Trinajstić information content (AvgIpc) is 2.37. The van der Waals surface area contributed by atoms with Gasteiger partial charge in [-0.25, -0.2) is 9.97 Å². The molecule has 1 amide bonds. The molecule has 1 aromatic rings. The average molecular weight is 236 g/mol. The van der Waals surface area contributed by atoms with Crippen molar-refractivity contribution >= 4 is 11.9 Å². The van der Waals surface area contributed by atoms with E-state index < -0.39 is 0 Å². The topological polar surface area (TPSA) is 66.9 Å². The van der Waals surface area contributed by atoms with Crippen molar-refractivity contribution in [1.82, 2.24) is 15.3 Å². The van der Waals surface area contributed by atoms with Crippen molar-refractivity contribution in [3.8, 4) is 0 Å². The third kappa shape index (κ3) is 5.29. The SMILES string of the molecule is CCCCCC(=O)NCc1cnc(NC)nc1. The molecule has 1 aromatic heterocycles. The highest BCUT2D eigenvalue weighted by atomic mass is 16.1. The molecule has 0 spiro atoms. The molecule has 0 fully saturated rings. The Hall–Kier alpha value is -1.65. The standard InChI is InChI=1S/C12H20N4O/c1-3-4-5-6-11(17)14-7-10-8-15-12(13-2)16-9-10/h8-9H,3-7H2,1-2H3,(H,14,17)(H,13,15,16). The third-order valence-corrected chi connectivity index (χ3v) is 2.43. The van der Waals surface area contributed by atoms with Gasteiger partial charge in [-0.3, -0.25) is 4.79 Å². The lowest BCUT2D eigenvalue weighted by atomic mass is 10.2. The van der Waals surface area contributed by atoms with Crippen molar-refractivity contribution in [2.45, 2.75) is 39.2 Å². The highest BCUT2D eigenvalue weighted by molar-refractivity contribution is 5.75. The molecule has 0 aliphatic carbocycles. The molecule has 1 rings (SSSR count). The first-order valence-corrected chi connectivity index (χ1v) is 6.01. The van der Waals surface area contributed by atoms with Crippen molar-refractivity contribution in [3.05, 3.63) is 18.0 Å². The van der Waals surface area contributed by atoms with Crippen LogP contribution in [0.3, 0.4) is 0 Å². The van der Waals surface area contributed by atoms with Gasteiger partial charge in [0.05, 0.1) is 0 Å². The molecule has 0 aliphatic rings. The fraction of sp³-hybridized carbons (Fsp3) is 0.583. The number of anilines is 1. The van der Waals surface area contributed by atoms with Gasteiger partial charge in [0.25, 0.3) is 0 Å². The zero-order valence-corrected chi connectivity index (χ0v) is 10.5. The lowest BCUT2D eigenvalue weighted by Crippen LogP contribution is -2.22. The molecule has 0 unspecified atom stereocenters. The molecule has 1 heterocycles. The predicted octanol–water partition coefficient (Wildman–Crippen LogP) is 1.71. The van der Waals surface area contributed by atoms with Crippen LogP contribution in [0.25, 0.3) is 0 Å². The summed E-state index contributed by atoms with van der Waals surface area (Å²) < 4.78 is 0. The minimum Gasteiger partial charge on any atom is -0.357 e. The summed E-state index contributed by atoms with van der Waals surface area (Å²) in [6, 6.07) is 0. The van der Waals surface area contributed by atoms with Gasteiger partial charge in [0.2, 0.25) is 11.9 Å². The van der Waals surface area contributed by atoms with E-state index in [2.05, 4.69) is 27.5 Å². The van der Waals surface area contributed by atoms with Gasteiger partial charge in [-0.1, -0.05) is 19.8 Å². The highest BCUT2D eigenvalue weighted by Gasteiger charge is 2.01. The number of hydrogen-bond acceptors (Lipinski definition) is 4. The van der Waals surface area contributed by atoms with Crippen LogP contribution < -0.4 is 10.6 Å². The van der Waals surface area contributed by atoms with E-state index in [0.717, 1.165) is 24.8 Å². The molecule has 5 heteroatoms. The lowest BCUT2D eigenvalue weighted by Gasteiger charge is -2.05. The van der Waals surface area contributed by atoms with Gasteiger partial charge >= 0.3 is 0 Å². The van der Waals surface area contributed by atoms with E-state index in [-0.39, 0.29) is 5.91 Å².